The second-order valence-corrected chi connectivity index (χ2v) is 4.16. The molecule has 1 aliphatic heterocycles. The summed E-state index contributed by atoms with van der Waals surface area (Å²) in [6, 6.07) is 6.14. The molecule has 0 atom stereocenters. The Morgan fingerprint density at radius 2 is 2.06 bits per heavy atom. The van der Waals surface area contributed by atoms with Gasteiger partial charge in [0.1, 0.15) is 5.75 Å². The Hall–Kier alpha value is -1.77. The van der Waals surface area contributed by atoms with Crippen LogP contribution in [0.2, 0.25) is 0 Å². The van der Waals surface area contributed by atoms with E-state index < -0.39 is 0 Å². The minimum atomic E-state index is 0.0183. The van der Waals surface area contributed by atoms with Gasteiger partial charge in [0.15, 0.2) is 0 Å². The predicted molar refractivity (Wildman–Crippen MR) is 67.2 cm³/mol. The molecule has 0 fully saturated rings. The van der Waals surface area contributed by atoms with Crippen LogP contribution in [0.4, 0.5) is 0 Å². The van der Waals surface area contributed by atoms with Gasteiger partial charge in [-0.1, -0.05) is 12.6 Å². The Labute approximate surface area is 102 Å². The summed E-state index contributed by atoms with van der Waals surface area (Å²) in [6.45, 7) is 5.05. The molecule has 0 spiro atoms. The van der Waals surface area contributed by atoms with Crippen molar-refractivity contribution in [1.29, 1.82) is 0 Å². The van der Waals surface area contributed by atoms with Crippen molar-refractivity contribution < 1.29 is 9.53 Å². The highest BCUT2D eigenvalue weighted by atomic mass is 16.5. The smallest absolute Gasteiger partial charge is 0.245 e. The Kier molecular flexibility index (Phi) is 3.47. The lowest BCUT2D eigenvalue weighted by atomic mass is 10.0. The molecular formula is C14H17NO2. The molecule has 90 valence electrons. The number of amides is 1. The third kappa shape index (κ3) is 2.49. The van der Waals surface area contributed by atoms with E-state index in [1.54, 1.807) is 7.11 Å². The fraction of sp³-hybridized carbons (Fsp3) is 0.357. The molecule has 0 aliphatic carbocycles. The number of methoxy groups -OCH3 is 1. The van der Waals surface area contributed by atoms with Gasteiger partial charge in [0.2, 0.25) is 5.91 Å². The lowest BCUT2D eigenvalue weighted by Gasteiger charge is -2.17. The lowest BCUT2D eigenvalue weighted by Crippen LogP contribution is -2.31. The molecule has 0 N–H and O–H groups in total. The van der Waals surface area contributed by atoms with E-state index in [-0.39, 0.29) is 5.91 Å². The molecule has 1 amide bonds. The molecule has 1 aromatic rings. The van der Waals surface area contributed by atoms with Gasteiger partial charge in [-0.15, -0.1) is 0 Å². The molecule has 0 bridgehead atoms. The summed E-state index contributed by atoms with van der Waals surface area (Å²) < 4.78 is 5.22. The first-order valence-electron chi connectivity index (χ1n) is 5.81. The standard InChI is InChI=1S/C14H17NO2/c1-3-14(16)15-8-6-11-4-5-13(17-2)10-12(11)7-9-15/h3-5,10H,1,6-9H2,2H3. The number of benzene rings is 1. The van der Waals surface area contributed by atoms with Gasteiger partial charge in [-0.2, -0.15) is 0 Å². The molecular weight excluding hydrogens is 214 g/mol. The number of nitrogens with zero attached hydrogens (tertiary/aromatic N) is 1. The van der Waals surface area contributed by atoms with Gasteiger partial charge in [-0.25, -0.2) is 0 Å². The molecule has 0 aromatic heterocycles. The summed E-state index contributed by atoms with van der Waals surface area (Å²) in [4.78, 5) is 13.4. The van der Waals surface area contributed by atoms with Crippen molar-refractivity contribution >= 4 is 5.91 Å². The van der Waals surface area contributed by atoms with Crippen molar-refractivity contribution in [2.75, 3.05) is 20.2 Å². The third-order valence-electron chi connectivity index (χ3n) is 3.20. The molecule has 1 aromatic carbocycles. The Morgan fingerprint density at radius 3 is 2.71 bits per heavy atom. The highest BCUT2D eigenvalue weighted by molar-refractivity contribution is 5.87. The van der Waals surface area contributed by atoms with Crippen LogP contribution in [0, 0.1) is 0 Å². The van der Waals surface area contributed by atoms with Gasteiger partial charge >= 0.3 is 0 Å². The van der Waals surface area contributed by atoms with E-state index in [0.717, 1.165) is 31.7 Å². The zero-order valence-corrected chi connectivity index (χ0v) is 10.1. The monoisotopic (exact) mass is 231 g/mol. The summed E-state index contributed by atoms with van der Waals surface area (Å²) in [6.07, 6.45) is 3.17. The zero-order chi connectivity index (χ0) is 12.3. The second-order valence-electron chi connectivity index (χ2n) is 4.16. The van der Waals surface area contributed by atoms with E-state index in [2.05, 4.69) is 18.7 Å². The first-order valence-corrected chi connectivity index (χ1v) is 5.81. The summed E-state index contributed by atoms with van der Waals surface area (Å²) in [5.74, 6) is 0.900. The first-order chi connectivity index (χ1) is 8.24. The van der Waals surface area contributed by atoms with E-state index in [9.17, 15) is 4.79 Å². The topological polar surface area (TPSA) is 29.5 Å². The molecule has 0 saturated heterocycles. The minimum Gasteiger partial charge on any atom is -0.497 e. The van der Waals surface area contributed by atoms with Crippen LogP contribution in [0.5, 0.6) is 5.75 Å². The summed E-state index contributed by atoms with van der Waals surface area (Å²) in [7, 11) is 1.67. The Balaban J connectivity index is 2.18. The van der Waals surface area contributed by atoms with Gasteiger partial charge in [0.25, 0.3) is 0 Å². The predicted octanol–water partition coefficient (Wildman–Crippen LogP) is 1.81. The van der Waals surface area contributed by atoms with Gasteiger partial charge in [-0.3, -0.25) is 4.79 Å². The van der Waals surface area contributed by atoms with Crippen molar-refractivity contribution in [1.82, 2.24) is 4.90 Å². The van der Waals surface area contributed by atoms with E-state index in [1.807, 2.05) is 11.0 Å². The number of ether oxygens (including phenoxy) is 1. The maximum atomic E-state index is 11.6. The molecule has 17 heavy (non-hydrogen) atoms. The van der Waals surface area contributed by atoms with Crippen LogP contribution in [0.3, 0.4) is 0 Å². The van der Waals surface area contributed by atoms with Crippen molar-refractivity contribution in [2.45, 2.75) is 12.8 Å². The van der Waals surface area contributed by atoms with Crippen LogP contribution in [0.15, 0.2) is 30.9 Å². The van der Waals surface area contributed by atoms with Crippen LogP contribution >= 0.6 is 0 Å². The summed E-state index contributed by atoms with van der Waals surface area (Å²) in [5, 5.41) is 0. The largest absolute Gasteiger partial charge is 0.497 e. The molecule has 3 heteroatoms. The number of carbonyl (C=O) groups is 1. The third-order valence-corrected chi connectivity index (χ3v) is 3.20. The quantitative estimate of drug-likeness (QED) is 0.726. The van der Waals surface area contributed by atoms with Gasteiger partial charge < -0.3 is 9.64 Å². The highest BCUT2D eigenvalue weighted by Crippen LogP contribution is 2.21. The van der Waals surface area contributed by atoms with Gasteiger partial charge in [0.05, 0.1) is 7.11 Å². The molecule has 3 nitrogen and oxygen atoms in total. The fourth-order valence-electron chi connectivity index (χ4n) is 2.18. The van der Waals surface area contributed by atoms with Crippen LogP contribution < -0.4 is 4.74 Å². The molecule has 0 saturated carbocycles. The minimum absolute atomic E-state index is 0.0183. The number of hydrogen-bond acceptors (Lipinski definition) is 2. The second kappa shape index (κ2) is 5.04. The van der Waals surface area contributed by atoms with Crippen molar-refractivity contribution in [2.24, 2.45) is 0 Å². The zero-order valence-electron chi connectivity index (χ0n) is 10.1. The Morgan fingerprint density at radius 1 is 1.35 bits per heavy atom. The van der Waals surface area contributed by atoms with E-state index >= 15 is 0 Å². The summed E-state index contributed by atoms with van der Waals surface area (Å²) >= 11 is 0. The highest BCUT2D eigenvalue weighted by Gasteiger charge is 2.16. The van der Waals surface area contributed by atoms with Crippen molar-refractivity contribution in [3.05, 3.63) is 42.0 Å². The molecule has 2 rings (SSSR count). The van der Waals surface area contributed by atoms with Gasteiger partial charge in [-0.05, 0) is 42.2 Å². The normalized spacial score (nSPS) is 14.8. The molecule has 0 unspecified atom stereocenters. The van der Waals surface area contributed by atoms with E-state index in [4.69, 9.17) is 4.74 Å². The average molecular weight is 231 g/mol. The number of fused-ring (bicyclic) bond motifs is 1. The maximum Gasteiger partial charge on any atom is 0.245 e. The van der Waals surface area contributed by atoms with Crippen LogP contribution in [-0.2, 0) is 17.6 Å². The summed E-state index contributed by atoms with van der Waals surface area (Å²) in [5.41, 5.74) is 2.59. The SMILES string of the molecule is C=CC(=O)N1CCc2ccc(OC)cc2CC1. The van der Waals surface area contributed by atoms with E-state index in [1.165, 1.54) is 17.2 Å². The average Bonchev–Trinajstić information content (AvgIpc) is 2.59. The molecule has 1 heterocycles. The van der Waals surface area contributed by atoms with Gasteiger partial charge in [0, 0.05) is 13.1 Å². The number of hydrogen-bond donors (Lipinski definition) is 0. The Bertz CT molecular complexity index is 440. The van der Waals surface area contributed by atoms with Crippen LogP contribution in [-0.4, -0.2) is 31.0 Å². The number of carbonyl (C=O) groups excluding carboxylic acids is 1. The fourth-order valence-corrected chi connectivity index (χ4v) is 2.18. The lowest BCUT2D eigenvalue weighted by molar-refractivity contribution is -0.125. The van der Waals surface area contributed by atoms with E-state index in [0.29, 0.717) is 0 Å². The number of rotatable bonds is 2. The van der Waals surface area contributed by atoms with Crippen LogP contribution in [0.1, 0.15) is 11.1 Å². The van der Waals surface area contributed by atoms with Crippen molar-refractivity contribution in [3.8, 4) is 5.75 Å². The van der Waals surface area contributed by atoms with Crippen LogP contribution in [0.25, 0.3) is 0 Å². The molecule has 1 aliphatic rings. The first kappa shape index (κ1) is 11.7. The van der Waals surface area contributed by atoms with Crippen molar-refractivity contribution in [3.63, 3.8) is 0 Å². The maximum absolute atomic E-state index is 11.6. The molecule has 0 radical (unpaired) electrons.